The number of nitrogens with one attached hydrogen (secondary N) is 1. The number of carbonyl (C=O) groups excluding carboxylic acids is 1. The van der Waals surface area contributed by atoms with Crippen molar-refractivity contribution in [3.05, 3.63) is 42.5 Å². The van der Waals surface area contributed by atoms with Gasteiger partial charge in [-0.3, -0.25) is 4.79 Å². The Labute approximate surface area is 117 Å². The molecule has 0 saturated heterocycles. The van der Waals surface area contributed by atoms with E-state index in [1.807, 2.05) is 37.3 Å². The molecular weight excluding hydrogens is 256 g/mol. The highest BCUT2D eigenvalue weighted by Gasteiger charge is 2.13. The number of amides is 1. The third-order valence-electron chi connectivity index (χ3n) is 2.84. The van der Waals surface area contributed by atoms with Crippen molar-refractivity contribution >= 4 is 5.91 Å². The van der Waals surface area contributed by atoms with Gasteiger partial charge in [0.05, 0.1) is 11.8 Å². The minimum Gasteiger partial charge on any atom is -0.391 e. The number of aromatic nitrogens is 3. The average Bonchev–Trinajstić information content (AvgIpc) is 2.96. The van der Waals surface area contributed by atoms with Crippen LogP contribution >= 0.6 is 0 Å². The van der Waals surface area contributed by atoms with E-state index in [1.54, 1.807) is 0 Å². The first-order valence-corrected chi connectivity index (χ1v) is 6.64. The molecule has 1 aromatic carbocycles. The van der Waals surface area contributed by atoms with Crippen LogP contribution in [0.4, 0.5) is 0 Å². The first kappa shape index (κ1) is 14.2. The molecular formula is C14H18N4O2. The van der Waals surface area contributed by atoms with Crippen molar-refractivity contribution in [3.8, 4) is 5.69 Å². The van der Waals surface area contributed by atoms with Crippen molar-refractivity contribution in [2.45, 2.75) is 25.9 Å². The molecule has 1 amide bonds. The Bertz CT molecular complexity index is 553. The molecule has 6 nitrogen and oxygen atoms in total. The van der Waals surface area contributed by atoms with E-state index < -0.39 is 6.10 Å². The van der Waals surface area contributed by atoms with Gasteiger partial charge in [0.2, 0.25) is 5.82 Å². The molecule has 2 rings (SSSR count). The smallest absolute Gasteiger partial charge is 0.291 e. The molecule has 0 radical (unpaired) electrons. The summed E-state index contributed by atoms with van der Waals surface area (Å²) >= 11 is 0. The Morgan fingerprint density at radius 3 is 2.85 bits per heavy atom. The number of benzene rings is 1. The van der Waals surface area contributed by atoms with Gasteiger partial charge in [0, 0.05) is 6.54 Å². The van der Waals surface area contributed by atoms with Crippen LogP contribution in [0.15, 0.2) is 36.7 Å². The first-order chi connectivity index (χ1) is 9.70. The third-order valence-corrected chi connectivity index (χ3v) is 2.84. The monoisotopic (exact) mass is 274 g/mol. The molecule has 0 bridgehead atoms. The van der Waals surface area contributed by atoms with E-state index in [9.17, 15) is 9.90 Å². The normalized spacial score (nSPS) is 12.1. The van der Waals surface area contributed by atoms with Crippen molar-refractivity contribution in [2.75, 3.05) is 6.54 Å². The summed E-state index contributed by atoms with van der Waals surface area (Å²) < 4.78 is 1.54. The SMILES string of the molecule is CCCC(O)CNC(=O)c1ncn(-c2ccccc2)n1. The number of aliphatic hydroxyl groups excluding tert-OH is 1. The van der Waals surface area contributed by atoms with Gasteiger partial charge in [0.25, 0.3) is 5.91 Å². The summed E-state index contributed by atoms with van der Waals surface area (Å²) in [4.78, 5) is 15.8. The van der Waals surface area contributed by atoms with Crippen LogP contribution in [0, 0.1) is 0 Å². The topological polar surface area (TPSA) is 80.0 Å². The molecule has 6 heteroatoms. The lowest BCUT2D eigenvalue weighted by molar-refractivity contribution is 0.0900. The fraction of sp³-hybridized carbons (Fsp3) is 0.357. The maximum atomic E-state index is 11.8. The van der Waals surface area contributed by atoms with Gasteiger partial charge in [-0.25, -0.2) is 9.67 Å². The number of rotatable bonds is 6. The molecule has 0 saturated carbocycles. The molecule has 20 heavy (non-hydrogen) atoms. The third kappa shape index (κ3) is 3.64. The van der Waals surface area contributed by atoms with Crippen LogP contribution in [0.5, 0.6) is 0 Å². The lowest BCUT2D eigenvalue weighted by Gasteiger charge is -2.09. The van der Waals surface area contributed by atoms with Crippen molar-refractivity contribution < 1.29 is 9.90 Å². The highest BCUT2D eigenvalue weighted by atomic mass is 16.3. The Kier molecular flexibility index (Phi) is 4.84. The molecule has 0 aliphatic rings. The summed E-state index contributed by atoms with van der Waals surface area (Å²) in [5, 5.41) is 16.3. The van der Waals surface area contributed by atoms with Crippen LogP contribution in [-0.4, -0.2) is 38.4 Å². The molecule has 0 fully saturated rings. The van der Waals surface area contributed by atoms with Crippen LogP contribution in [0.1, 0.15) is 30.4 Å². The molecule has 2 aromatic rings. The van der Waals surface area contributed by atoms with Crippen LogP contribution < -0.4 is 5.32 Å². The van der Waals surface area contributed by atoms with Gasteiger partial charge in [-0.15, -0.1) is 5.10 Å². The van der Waals surface area contributed by atoms with Gasteiger partial charge in [-0.05, 0) is 18.6 Å². The summed E-state index contributed by atoms with van der Waals surface area (Å²) in [5.74, 6) is -0.285. The molecule has 0 aliphatic heterocycles. The number of nitrogens with zero attached hydrogens (tertiary/aromatic N) is 3. The van der Waals surface area contributed by atoms with E-state index in [4.69, 9.17) is 0 Å². The van der Waals surface area contributed by atoms with Crippen LogP contribution in [0.25, 0.3) is 5.69 Å². The maximum Gasteiger partial charge on any atom is 0.291 e. The van der Waals surface area contributed by atoms with Crippen molar-refractivity contribution in [2.24, 2.45) is 0 Å². The Morgan fingerprint density at radius 1 is 1.40 bits per heavy atom. The number of aliphatic hydroxyl groups is 1. The molecule has 1 unspecified atom stereocenters. The summed E-state index contributed by atoms with van der Waals surface area (Å²) in [6, 6.07) is 9.43. The Balaban J connectivity index is 1.97. The van der Waals surface area contributed by atoms with Gasteiger partial charge >= 0.3 is 0 Å². The van der Waals surface area contributed by atoms with Crippen molar-refractivity contribution in [1.29, 1.82) is 0 Å². The minimum atomic E-state index is -0.528. The lowest BCUT2D eigenvalue weighted by atomic mass is 10.2. The molecule has 1 heterocycles. The van der Waals surface area contributed by atoms with E-state index in [0.717, 1.165) is 12.1 Å². The second kappa shape index (κ2) is 6.81. The molecule has 0 aliphatic carbocycles. The summed E-state index contributed by atoms with van der Waals surface area (Å²) in [6.07, 6.45) is 2.50. The number of hydrogen-bond acceptors (Lipinski definition) is 4. The highest BCUT2D eigenvalue weighted by Crippen LogP contribution is 2.04. The molecule has 1 aromatic heterocycles. The predicted octanol–water partition coefficient (Wildman–Crippen LogP) is 1.16. The summed E-state index contributed by atoms with van der Waals surface area (Å²) in [5.41, 5.74) is 0.838. The molecule has 106 valence electrons. The van der Waals surface area contributed by atoms with Gasteiger partial charge in [-0.1, -0.05) is 31.5 Å². The number of hydrogen-bond donors (Lipinski definition) is 2. The second-order valence-corrected chi connectivity index (χ2v) is 4.50. The molecule has 1 atom stereocenters. The quantitative estimate of drug-likeness (QED) is 0.828. The average molecular weight is 274 g/mol. The van der Waals surface area contributed by atoms with Gasteiger partial charge in [-0.2, -0.15) is 0 Å². The zero-order valence-corrected chi connectivity index (χ0v) is 11.4. The fourth-order valence-electron chi connectivity index (χ4n) is 1.80. The number of carbonyl (C=O) groups is 1. The number of para-hydroxylation sites is 1. The van der Waals surface area contributed by atoms with Crippen molar-refractivity contribution in [1.82, 2.24) is 20.1 Å². The van der Waals surface area contributed by atoms with Crippen molar-refractivity contribution in [3.63, 3.8) is 0 Å². The molecule has 2 N–H and O–H groups in total. The van der Waals surface area contributed by atoms with E-state index in [1.165, 1.54) is 11.0 Å². The zero-order chi connectivity index (χ0) is 14.4. The zero-order valence-electron chi connectivity index (χ0n) is 11.4. The van der Waals surface area contributed by atoms with Crippen LogP contribution in [0.3, 0.4) is 0 Å². The standard InChI is InChI=1S/C14H18N4O2/c1-2-6-12(19)9-15-14(20)13-16-10-18(17-13)11-7-4-3-5-8-11/h3-5,7-8,10,12,19H,2,6,9H2,1H3,(H,15,20). The lowest BCUT2D eigenvalue weighted by Crippen LogP contribution is -2.32. The van der Waals surface area contributed by atoms with E-state index in [0.29, 0.717) is 6.42 Å². The molecule has 0 spiro atoms. The van der Waals surface area contributed by atoms with E-state index >= 15 is 0 Å². The first-order valence-electron chi connectivity index (χ1n) is 6.64. The Hall–Kier alpha value is -2.21. The van der Waals surface area contributed by atoms with E-state index in [-0.39, 0.29) is 18.3 Å². The minimum absolute atomic E-state index is 0.0950. The van der Waals surface area contributed by atoms with Crippen LogP contribution in [-0.2, 0) is 0 Å². The fourth-order valence-corrected chi connectivity index (χ4v) is 1.80. The van der Waals surface area contributed by atoms with Gasteiger partial charge in [0.15, 0.2) is 0 Å². The van der Waals surface area contributed by atoms with Gasteiger partial charge in [0.1, 0.15) is 6.33 Å². The highest BCUT2D eigenvalue weighted by molar-refractivity contribution is 5.90. The summed E-state index contributed by atoms with van der Waals surface area (Å²) in [6.45, 7) is 2.20. The second-order valence-electron chi connectivity index (χ2n) is 4.50. The summed E-state index contributed by atoms with van der Waals surface area (Å²) in [7, 11) is 0. The largest absolute Gasteiger partial charge is 0.391 e. The van der Waals surface area contributed by atoms with Gasteiger partial charge < -0.3 is 10.4 Å². The maximum absolute atomic E-state index is 11.8. The Morgan fingerprint density at radius 2 is 2.15 bits per heavy atom. The predicted molar refractivity (Wildman–Crippen MR) is 74.6 cm³/mol. The van der Waals surface area contributed by atoms with E-state index in [2.05, 4.69) is 15.4 Å². The van der Waals surface area contributed by atoms with Crippen LogP contribution in [0.2, 0.25) is 0 Å².